The van der Waals surface area contributed by atoms with E-state index in [1.54, 1.807) is 36.7 Å². The number of hydrogen-bond donors (Lipinski definition) is 1. The fourth-order valence-electron chi connectivity index (χ4n) is 2.73. The topological polar surface area (TPSA) is 50.9 Å². The number of rotatable bonds is 2. The number of benzene rings is 1. The standard InChI is InChI=1S/C18H12FN3O/c19-13-8-6-12(7-9-13)16-17-15(5-3-11-21-17)22(23)18(16)14-4-1-2-10-20-14/h1-11,23H. The lowest BCUT2D eigenvalue weighted by molar-refractivity contribution is 0.204. The second-order valence-electron chi connectivity index (χ2n) is 5.13. The molecule has 0 aliphatic heterocycles. The van der Waals surface area contributed by atoms with E-state index in [1.165, 1.54) is 12.1 Å². The first kappa shape index (κ1) is 13.5. The summed E-state index contributed by atoms with van der Waals surface area (Å²) in [4.78, 5) is 8.71. The minimum Gasteiger partial charge on any atom is -0.428 e. The van der Waals surface area contributed by atoms with Crippen LogP contribution in [0.3, 0.4) is 0 Å². The Balaban J connectivity index is 2.10. The van der Waals surface area contributed by atoms with Crippen LogP contribution in [0.2, 0.25) is 0 Å². The second-order valence-corrected chi connectivity index (χ2v) is 5.13. The summed E-state index contributed by atoms with van der Waals surface area (Å²) in [7, 11) is 0. The third-order valence-corrected chi connectivity index (χ3v) is 3.74. The molecule has 0 aliphatic carbocycles. The highest BCUT2D eigenvalue weighted by atomic mass is 19.1. The summed E-state index contributed by atoms with van der Waals surface area (Å²) in [6.45, 7) is 0. The Labute approximate surface area is 131 Å². The third kappa shape index (κ3) is 2.14. The molecule has 5 heteroatoms. The van der Waals surface area contributed by atoms with Gasteiger partial charge in [0.25, 0.3) is 0 Å². The van der Waals surface area contributed by atoms with Gasteiger partial charge in [-0.05, 0) is 42.0 Å². The van der Waals surface area contributed by atoms with Gasteiger partial charge in [-0.2, -0.15) is 4.73 Å². The Morgan fingerprint density at radius 2 is 1.65 bits per heavy atom. The molecule has 0 saturated carbocycles. The fraction of sp³-hybridized carbons (Fsp3) is 0. The molecule has 0 radical (unpaired) electrons. The van der Waals surface area contributed by atoms with Gasteiger partial charge in [0.05, 0.1) is 5.69 Å². The van der Waals surface area contributed by atoms with Crippen LogP contribution < -0.4 is 0 Å². The SMILES string of the molecule is On1c(-c2ccccn2)c(-c2ccc(F)cc2)c2ncccc21. The van der Waals surface area contributed by atoms with E-state index >= 15 is 0 Å². The van der Waals surface area contributed by atoms with E-state index in [2.05, 4.69) is 9.97 Å². The molecular weight excluding hydrogens is 293 g/mol. The molecule has 3 aromatic heterocycles. The zero-order valence-corrected chi connectivity index (χ0v) is 12.0. The van der Waals surface area contributed by atoms with Crippen LogP contribution in [0, 0.1) is 5.82 Å². The monoisotopic (exact) mass is 305 g/mol. The molecule has 0 amide bonds. The van der Waals surface area contributed by atoms with Crippen LogP contribution in [0.4, 0.5) is 4.39 Å². The van der Waals surface area contributed by atoms with Crippen molar-refractivity contribution >= 4 is 11.0 Å². The van der Waals surface area contributed by atoms with Crippen molar-refractivity contribution in [1.29, 1.82) is 0 Å². The summed E-state index contributed by atoms with van der Waals surface area (Å²) >= 11 is 0. The van der Waals surface area contributed by atoms with E-state index < -0.39 is 0 Å². The van der Waals surface area contributed by atoms with Gasteiger partial charge in [-0.3, -0.25) is 9.97 Å². The van der Waals surface area contributed by atoms with Crippen molar-refractivity contribution in [3.05, 3.63) is 72.8 Å². The first-order valence-corrected chi connectivity index (χ1v) is 7.12. The zero-order chi connectivity index (χ0) is 15.8. The molecule has 0 aliphatic rings. The highest BCUT2D eigenvalue weighted by Crippen LogP contribution is 2.38. The summed E-state index contributed by atoms with van der Waals surface area (Å²) in [5.74, 6) is -0.311. The van der Waals surface area contributed by atoms with Crippen LogP contribution in [0.15, 0.2) is 67.0 Å². The lowest BCUT2D eigenvalue weighted by Gasteiger charge is -2.06. The Kier molecular flexibility index (Phi) is 3.05. The van der Waals surface area contributed by atoms with Crippen LogP contribution in [0.25, 0.3) is 33.5 Å². The van der Waals surface area contributed by atoms with E-state index in [0.717, 1.165) is 15.9 Å². The fourth-order valence-corrected chi connectivity index (χ4v) is 2.73. The predicted molar refractivity (Wildman–Crippen MR) is 85.5 cm³/mol. The van der Waals surface area contributed by atoms with Gasteiger partial charge in [0, 0.05) is 18.0 Å². The number of halogens is 1. The maximum Gasteiger partial charge on any atom is 0.123 e. The van der Waals surface area contributed by atoms with Crippen molar-refractivity contribution < 1.29 is 9.60 Å². The van der Waals surface area contributed by atoms with Gasteiger partial charge in [0.1, 0.15) is 22.5 Å². The van der Waals surface area contributed by atoms with E-state index in [4.69, 9.17) is 0 Å². The molecular formula is C18H12FN3O. The quantitative estimate of drug-likeness (QED) is 0.566. The van der Waals surface area contributed by atoms with Crippen LogP contribution >= 0.6 is 0 Å². The minimum atomic E-state index is -0.311. The molecule has 0 unspecified atom stereocenters. The average Bonchev–Trinajstić information content (AvgIpc) is 2.90. The van der Waals surface area contributed by atoms with E-state index in [-0.39, 0.29) is 5.82 Å². The van der Waals surface area contributed by atoms with Crippen LogP contribution in [-0.2, 0) is 0 Å². The van der Waals surface area contributed by atoms with Gasteiger partial charge < -0.3 is 5.21 Å². The second kappa shape index (κ2) is 5.21. The number of fused-ring (bicyclic) bond motifs is 1. The average molecular weight is 305 g/mol. The number of nitrogens with zero attached hydrogens (tertiary/aromatic N) is 3. The molecule has 0 fully saturated rings. The van der Waals surface area contributed by atoms with E-state index in [0.29, 0.717) is 22.4 Å². The number of hydrogen-bond acceptors (Lipinski definition) is 3. The molecule has 1 N–H and O–H groups in total. The minimum absolute atomic E-state index is 0.311. The highest BCUT2D eigenvalue weighted by Gasteiger charge is 2.21. The summed E-state index contributed by atoms with van der Waals surface area (Å²) in [5.41, 5.74) is 3.86. The Morgan fingerprint density at radius 1 is 0.870 bits per heavy atom. The molecule has 4 rings (SSSR count). The van der Waals surface area contributed by atoms with Crippen LogP contribution in [0.1, 0.15) is 0 Å². The molecule has 1 aromatic carbocycles. The van der Waals surface area contributed by atoms with Crippen molar-refractivity contribution in [2.75, 3.05) is 0 Å². The molecule has 4 nitrogen and oxygen atoms in total. The summed E-state index contributed by atoms with van der Waals surface area (Å²) in [6, 6.07) is 15.1. The predicted octanol–water partition coefficient (Wildman–Crippen LogP) is 4.14. The highest BCUT2D eigenvalue weighted by molar-refractivity contribution is 6.01. The Bertz CT molecular complexity index is 979. The van der Waals surface area contributed by atoms with E-state index in [9.17, 15) is 9.60 Å². The zero-order valence-electron chi connectivity index (χ0n) is 12.0. The van der Waals surface area contributed by atoms with Gasteiger partial charge in [-0.1, -0.05) is 18.2 Å². The summed E-state index contributed by atoms with van der Waals surface area (Å²) in [6.07, 6.45) is 3.33. The first-order chi connectivity index (χ1) is 11.3. The van der Waals surface area contributed by atoms with Crippen molar-refractivity contribution in [2.24, 2.45) is 0 Å². The summed E-state index contributed by atoms with van der Waals surface area (Å²) < 4.78 is 14.3. The first-order valence-electron chi connectivity index (χ1n) is 7.12. The molecule has 0 saturated heterocycles. The largest absolute Gasteiger partial charge is 0.428 e. The lowest BCUT2D eigenvalue weighted by atomic mass is 10.0. The molecule has 23 heavy (non-hydrogen) atoms. The maximum absolute atomic E-state index is 13.3. The Hall–Kier alpha value is -3.21. The molecule has 0 atom stereocenters. The van der Waals surface area contributed by atoms with Gasteiger partial charge in [0.2, 0.25) is 0 Å². The van der Waals surface area contributed by atoms with Gasteiger partial charge in [0.15, 0.2) is 0 Å². The van der Waals surface area contributed by atoms with Crippen LogP contribution in [-0.4, -0.2) is 19.9 Å². The normalized spacial score (nSPS) is 11.0. The molecule has 4 aromatic rings. The summed E-state index contributed by atoms with van der Waals surface area (Å²) in [5, 5.41) is 10.6. The third-order valence-electron chi connectivity index (χ3n) is 3.74. The maximum atomic E-state index is 13.3. The molecule has 0 bridgehead atoms. The number of pyridine rings is 2. The molecule has 0 spiro atoms. The Morgan fingerprint density at radius 3 is 2.39 bits per heavy atom. The molecule has 112 valence electrons. The van der Waals surface area contributed by atoms with Crippen molar-refractivity contribution in [3.63, 3.8) is 0 Å². The molecule has 3 heterocycles. The van der Waals surface area contributed by atoms with Gasteiger partial charge in [-0.25, -0.2) is 4.39 Å². The van der Waals surface area contributed by atoms with Crippen LogP contribution in [0.5, 0.6) is 0 Å². The van der Waals surface area contributed by atoms with Crippen molar-refractivity contribution in [3.8, 4) is 22.5 Å². The van der Waals surface area contributed by atoms with Crippen molar-refractivity contribution in [2.45, 2.75) is 0 Å². The number of aromatic nitrogens is 3. The van der Waals surface area contributed by atoms with Gasteiger partial charge >= 0.3 is 0 Å². The smallest absolute Gasteiger partial charge is 0.123 e. The van der Waals surface area contributed by atoms with E-state index in [1.807, 2.05) is 18.2 Å². The van der Waals surface area contributed by atoms with Crippen molar-refractivity contribution in [1.82, 2.24) is 14.7 Å². The van der Waals surface area contributed by atoms with Gasteiger partial charge in [-0.15, -0.1) is 0 Å². The lowest BCUT2D eigenvalue weighted by Crippen LogP contribution is -1.95.